The first kappa shape index (κ1) is 12.6. The second-order valence-corrected chi connectivity index (χ2v) is 4.99. The first-order valence-electron chi connectivity index (χ1n) is 5.40. The molecule has 0 fully saturated rings. The van der Waals surface area contributed by atoms with Gasteiger partial charge in [-0.3, -0.25) is 10.4 Å². The molecule has 0 spiro atoms. The van der Waals surface area contributed by atoms with Crippen LogP contribution in [0.3, 0.4) is 0 Å². The molecular formula is C12H14N4OS. The van der Waals surface area contributed by atoms with Gasteiger partial charge in [0.1, 0.15) is 12.1 Å². The van der Waals surface area contributed by atoms with Crippen LogP contribution in [0.25, 0.3) is 0 Å². The number of pyridine rings is 1. The summed E-state index contributed by atoms with van der Waals surface area (Å²) < 4.78 is 5.30. The number of hydrogen-bond acceptors (Lipinski definition) is 5. The van der Waals surface area contributed by atoms with Crippen LogP contribution >= 0.6 is 11.8 Å². The minimum atomic E-state index is 0.00535. The van der Waals surface area contributed by atoms with Crippen LogP contribution in [0, 0.1) is 26.2 Å². The molecule has 0 radical (unpaired) electrons. The van der Waals surface area contributed by atoms with Crippen molar-refractivity contribution in [1.29, 1.82) is 5.41 Å². The fourth-order valence-corrected chi connectivity index (χ4v) is 2.74. The zero-order chi connectivity index (χ0) is 13.3. The number of hydrogen-bond donors (Lipinski definition) is 2. The number of nitrogens with zero attached hydrogens (tertiary/aromatic N) is 2. The van der Waals surface area contributed by atoms with Crippen LogP contribution in [0.15, 0.2) is 26.9 Å². The molecule has 0 atom stereocenters. The molecule has 0 aliphatic rings. The predicted octanol–water partition coefficient (Wildman–Crippen LogP) is 2.43. The number of nitrogens with one attached hydrogen (secondary N) is 1. The zero-order valence-electron chi connectivity index (χ0n) is 10.4. The van der Waals surface area contributed by atoms with E-state index in [1.807, 2.05) is 26.8 Å². The van der Waals surface area contributed by atoms with Gasteiger partial charge in [-0.2, -0.15) is 0 Å². The highest BCUT2D eigenvalue weighted by atomic mass is 32.2. The lowest BCUT2D eigenvalue weighted by atomic mass is 10.1. The van der Waals surface area contributed by atoms with Crippen LogP contribution in [0.1, 0.15) is 22.6 Å². The van der Waals surface area contributed by atoms with Crippen LogP contribution in [-0.4, -0.2) is 15.8 Å². The maximum atomic E-state index is 7.63. The highest BCUT2D eigenvalue weighted by Crippen LogP contribution is 2.31. The summed E-state index contributed by atoms with van der Waals surface area (Å²) in [5, 5.41) is 8.17. The normalized spacial score (nSPS) is 10.6. The van der Waals surface area contributed by atoms with E-state index < -0.39 is 0 Å². The van der Waals surface area contributed by atoms with Crippen LogP contribution in [0.5, 0.6) is 0 Å². The van der Waals surface area contributed by atoms with Gasteiger partial charge in [0.2, 0.25) is 0 Å². The van der Waals surface area contributed by atoms with E-state index >= 15 is 0 Å². The molecule has 0 amide bonds. The maximum Gasteiger partial charge on any atom is 0.260 e. The zero-order valence-corrected chi connectivity index (χ0v) is 11.3. The van der Waals surface area contributed by atoms with E-state index in [4.69, 9.17) is 15.6 Å². The van der Waals surface area contributed by atoms with Crippen LogP contribution in [0.2, 0.25) is 0 Å². The topological polar surface area (TPSA) is 88.8 Å². The highest BCUT2D eigenvalue weighted by molar-refractivity contribution is 7.99. The quantitative estimate of drug-likeness (QED) is 0.655. The molecule has 94 valence electrons. The minimum absolute atomic E-state index is 0.00535. The van der Waals surface area contributed by atoms with Crippen molar-refractivity contribution in [3.05, 3.63) is 35.0 Å². The van der Waals surface area contributed by atoms with E-state index in [1.165, 1.54) is 11.8 Å². The molecule has 0 aliphatic carbocycles. The molecule has 2 aromatic rings. The van der Waals surface area contributed by atoms with E-state index in [1.54, 1.807) is 6.26 Å². The van der Waals surface area contributed by atoms with Crippen molar-refractivity contribution < 1.29 is 4.42 Å². The molecule has 2 heterocycles. The van der Waals surface area contributed by atoms with Gasteiger partial charge < -0.3 is 10.2 Å². The second-order valence-electron chi connectivity index (χ2n) is 3.99. The Bertz CT molecular complexity index is 606. The lowest BCUT2D eigenvalue weighted by molar-refractivity contribution is 0.454. The van der Waals surface area contributed by atoms with Gasteiger partial charge in [-0.05, 0) is 38.6 Å². The molecule has 0 aliphatic heterocycles. The van der Waals surface area contributed by atoms with Crippen LogP contribution in [-0.2, 0) is 0 Å². The van der Waals surface area contributed by atoms with E-state index in [0.717, 1.165) is 22.0 Å². The first-order chi connectivity index (χ1) is 8.47. The average Bonchev–Trinajstić information content (AvgIpc) is 2.62. The van der Waals surface area contributed by atoms with Crippen molar-refractivity contribution in [2.45, 2.75) is 30.9 Å². The smallest absolute Gasteiger partial charge is 0.260 e. The third kappa shape index (κ3) is 2.53. The molecular weight excluding hydrogens is 248 g/mol. The highest BCUT2D eigenvalue weighted by Gasteiger charge is 2.14. The third-order valence-electron chi connectivity index (χ3n) is 2.36. The SMILES string of the molecule is Cc1coc(Sc2cc(C)nc(C)c2C(=N)N)n1. The molecule has 6 heteroatoms. The largest absolute Gasteiger partial charge is 0.439 e. The fourth-order valence-electron chi connectivity index (χ4n) is 1.67. The molecule has 0 saturated heterocycles. The number of amidine groups is 1. The van der Waals surface area contributed by atoms with E-state index in [0.29, 0.717) is 10.8 Å². The van der Waals surface area contributed by atoms with Gasteiger partial charge in [-0.15, -0.1) is 0 Å². The number of nitrogens with two attached hydrogens (primary N) is 1. The Balaban J connectivity index is 2.45. The molecule has 5 nitrogen and oxygen atoms in total. The molecule has 0 bridgehead atoms. The molecule has 2 aromatic heterocycles. The monoisotopic (exact) mass is 262 g/mol. The Morgan fingerprint density at radius 2 is 2.00 bits per heavy atom. The number of aromatic nitrogens is 2. The summed E-state index contributed by atoms with van der Waals surface area (Å²) in [6, 6.07) is 1.88. The Labute approximate surface area is 109 Å². The van der Waals surface area contributed by atoms with Crippen molar-refractivity contribution in [3.63, 3.8) is 0 Å². The predicted molar refractivity (Wildman–Crippen MR) is 70.1 cm³/mol. The van der Waals surface area contributed by atoms with Gasteiger partial charge in [0.15, 0.2) is 0 Å². The second kappa shape index (κ2) is 4.81. The summed E-state index contributed by atoms with van der Waals surface area (Å²) in [4.78, 5) is 9.39. The molecule has 3 N–H and O–H groups in total. The van der Waals surface area contributed by atoms with Gasteiger partial charge in [0.05, 0.1) is 11.3 Å². The molecule has 0 aromatic carbocycles. The first-order valence-corrected chi connectivity index (χ1v) is 6.21. The molecule has 2 rings (SSSR count). The Hall–Kier alpha value is -1.82. The Morgan fingerprint density at radius 1 is 1.28 bits per heavy atom. The number of aryl methyl sites for hydroxylation is 3. The van der Waals surface area contributed by atoms with Gasteiger partial charge in [-0.25, -0.2) is 4.98 Å². The van der Waals surface area contributed by atoms with Gasteiger partial charge >= 0.3 is 0 Å². The summed E-state index contributed by atoms with van der Waals surface area (Å²) in [7, 11) is 0. The van der Waals surface area contributed by atoms with Gasteiger partial charge in [-0.1, -0.05) is 0 Å². The lowest BCUT2D eigenvalue weighted by Crippen LogP contribution is -2.15. The lowest BCUT2D eigenvalue weighted by Gasteiger charge is -2.09. The van der Waals surface area contributed by atoms with E-state index in [2.05, 4.69) is 9.97 Å². The summed E-state index contributed by atoms with van der Waals surface area (Å²) in [5.74, 6) is 0.00535. The Kier molecular flexibility index (Phi) is 3.38. The van der Waals surface area contributed by atoms with Crippen molar-refractivity contribution in [1.82, 2.24) is 9.97 Å². The number of rotatable bonds is 3. The van der Waals surface area contributed by atoms with Crippen molar-refractivity contribution in [3.8, 4) is 0 Å². The van der Waals surface area contributed by atoms with E-state index in [-0.39, 0.29) is 5.84 Å². The van der Waals surface area contributed by atoms with Crippen LogP contribution in [0.4, 0.5) is 0 Å². The van der Waals surface area contributed by atoms with Crippen LogP contribution < -0.4 is 5.73 Å². The molecule has 0 saturated carbocycles. The summed E-state index contributed by atoms with van der Waals surface area (Å²) in [5.41, 5.74) is 8.69. The third-order valence-corrected chi connectivity index (χ3v) is 3.26. The Morgan fingerprint density at radius 3 is 2.56 bits per heavy atom. The number of nitrogen functional groups attached to an aromatic ring is 1. The summed E-state index contributed by atoms with van der Waals surface area (Å²) >= 11 is 1.35. The molecule has 0 unspecified atom stereocenters. The summed E-state index contributed by atoms with van der Waals surface area (Å²) in [6.07, 6.45) is 1.59. The van der Waals surface area contributed by atoms with Gasteiger partial charge in [0.25, 0.3) is 5.22 Å². The average molecular weight is 262 g/mol. The van der Waals surface area contributed by atoms with Gasteiger partial charge in [0, 0.05) is 16.3 Å². The van der Waals surface area contributed by atoms with Crippen molar-refractivity contribution in [2.75, 3.05) is 0 Å². The fraction of sp³-hybridized carbons (Fsp3) is 0.250. The van der Waals surface area contributed by atoms with Crippen molar-refractivity contribution in [2.24, 2.45) is 5.73 Å². The minimum Gasteiger partial charge on any atom is -0.439 e. The van der Waals surface area contributed by atoms with Crippen molar-refractivity contribution >= 4 is 17.6 Å². The summed E-state index contributed by atoms with van der Waals surface area (Å²) in [6.45, 7) is 5.61. The molecule has 18 heavy (non-hydrogen) atoms. The maximum absolute atomic E-state index is 7.63. The number of oxazole rings is 1. The van der Waals surface area contributed by atoms with E-state index in [9.17, 15) is 0 Å². The standard InChI is InChI=1S/C12H14N4OS/c1-6-4-9(10(11(13)14)8(3)15-6)18-12-16-7(2)5-17-12/h4-5H,1-3H3,(H3,13,14).